The number of amidine groups is 1. The topological polar surface area (TPSA) is 111 Å². The molecule has 2 saturated heterocycles. The number of benzene rings is 1. The number of carbonyl (C=O) groups is 3. The molecule has 2 amide bonds. The number of rotatable bonds is 5. The number of carboxylic acid groups (broad SMARTS) is 1. The number of amides is 2. The first-order valence-electron chi connectivity index (χ1n) is 7.31. The Kier molecular flexibility index (Phi) is 5.19. The third-order valence-electron chi connectivity index (χ3n) is 3.57. The van der Waals surface area contributed by atoms with Crippen LogP contribution in [0, 0.1) is 0 Å². The number of hydrogen-bond acceptors (Lipinski definition) is 8. The predicted molar refractivity (Wildman–Crippen MR) is 91.6 cm³/mol. The Morgan fingerprint density at radius 3 is 2.76 bits per heavy atom. The van der Waals surface area contributed by atoms with Gasteiger partial charge in [-0.05, 0) is 17.7 Å². The first kappa shape index (κ1) is 17.6. The summed E-state index contributed by atoms with van der Waals surface area (Å²) in [5, 5.41) is 17.8. The molecule has 2 fully saturated rings. The van der Waals surface area contributed by atoms with Crippen molar-refractivity contribution in [2.75, 3.05) is 12.9 Å². The van der Waals surface area contributed by atoms with Crippen molar-refractivity contribution in [2.24, 2.45) is 5.10 Å². The molecule has 1 aromatic rings. The Hall–Kier alpha value is -2.20. The highest BCUT2D eigenvalue weighted by atomic mass is 32.2. The summed E-state index contributed by atoms with van der Waals surface area (Å²) < 4.78 is 5.12. The Bertz CT molecular complexity index is 737. The predicted octanol–water partition coefficient (Wildman–Crippen LogP) is -0.0882. The van der Waals surface area contributed by atoms with E-state index in [0.717, 1.165) is 17.3 Å². The zero-order valence-electron chi connectivity index (χ0n) is 13.1. The second-order valence-corrected chi connectivity index (χ2v) is 7.51. The number of carboxylic acids is 1. The molecule has 0 aromatic heterocycles. The molecular formula is C15H14N3O5S2-. The van der Waals surface area contributed by atoms with Crippen LogP contribution in [0.15, 0.2) is 29.4 Å². The van der Waals surface area contributed by atoms with Crippen molar-refractivity contribution >= 4 is 46.5 Å². The summed E-state index contributed by atoms with van der Waals surface area (Å²) in [5.74, 6) is -0.962. The van der Waals surface area contributed by atoms with E-state index < -0.39 is 23.5 Å². The van der Waals surface area contributed by atoms with Crippen LogP contribution in [0.4, 0.5) is 0 Å². The Labute approximate surface area is 152 Å². The summed E-state index contributed by atoms with van der Waals surface area (Å²) >= 11 is 2.41. The molecule has 25 heavy (non-hydrogen) atoms. The maximum atomic E-state index is 12.2. The quantitative estimate of drug-likeness (QED) is 0.760. The minimum absolute atomic E-state index is 0.184. The van der Waals surface area contributed by atoms with Gasteiger partial charge >= 0.3 is 0 Å². The molecule has 2 heterocycles. The highest BCUT2D eigenvalue weighted by Crippen LogP contribution is 2.40. The fraction of sp³-hybridized carbons (Fsp3) is 0.333. The average molecular weight is 380 g/mol. The molecular weight excluding hydrogens is 366 g/mol. The van der Waals surface area contributed by atoms with Gasteiger partial charge in [0.25, 0.3) is 5.91 Å². The number of carbonyl (C=O) groups excluding carboxylic acids is 3. The lowest BCUT2D eigenvalue weighted by atomic mass is 10.2. The van der Waals surface area contributed by atoms with Crippen LogP contribution in [0.1, 0.15) is 17.4 Å². The molecule has 0 bridgehead atoms. The summed E-state index contributed by atoms with van der Waals surface area (Å²) in [6, 6.07) is 7.29. The Morgan fingerprint density at radius 2 is 2.12 bits per heavy atom. The first-order chi connectivity index (χ1) is 12.0. The van der Waals surface area contributed by atoms with Crippen LogP contribution in [0.2, 0.25) is 0 Å². The Morgan fingerprint density at radius 1 is 1.40 bits per heavy atom. The molecule has 0 unspecified atom stereocenters. The molecule has 1 aromatic carbocycles. The number of hydrogen-bond donors (Lipinski definition) is 1. The minimum atomic E-state index is -1.31. The van der Waals surface area contributed by atoms with Crippen LogP contribution in [0.5, 0.6) is 5.75 Å². The van der Waals surface area contributed by atoms with Gasteiger partial charge in [-0.25, -0.2) is 5.01 Å². The van der Waals surface area contributed by atoms with Gasteiger partial charge in [0.15, 0.2) is 5.17 Å². The molecule has 10 heteroatoms. The van der Waals surface area contributed by atoms with Crippen LogP contribution < -0.4 is 15.2 Å². The van der Waals surface area contributed by atoms with Crippen molar-refractivity contribution in [3.63, 3.8) is 0 Å². The smallest absolute Gasteiger partial charge is 0.254 e. The molecule has 0 saturated carbocycles. The van der Waals surface area contributed by atoms with Crippen LogP contribution in [0.25, 0.3) is 0 Å². The van der Waals surface area contributed by atoms with Gasteiger partial charge < -0.3 is 20.0 Å². The second-order valence-electron chi connectivity index (χ2n) is 5.25. The maximum absolute atomic E-state index is 12.2. The van der Waals surface area contributed by atoms with Crippen molar-refractivity contribution in [1.29, 1.82) is 0 Å². The van der Waals surface area contributed by atoms with Crippen molar-refractivity contribution in [2.45, 2.75) is 17.0 Å². The van der Waals surface area contributed by atoms with Crippen LogP contribution >= 0.6 is 23.5 Å². The zero-order valence-corrected chi connectivity index (χ0v) is 14.8. The molecule has 8 nitrogen and oxygen atoms in total. The van der Waals surface area contributed by atoms with Gasteiger partial charge in [-0.3, -0.25) is 9.59 Å². The van der Waals surface area contributed by atoms with Crippen molar-refractivity contribution in [3.8, 4) is 5.75 Å². The lowest BCUT2D eigenvalue weighted by molar-refractivity contribution is -0.305. The van der Waals surface area contributed by atoms with E-state index in [4.69, 9.17) is 4.74 Å². The maximum Gasteiger partial charge on any atom is 0.254 e. The van der Waals surface area contributed by atoms with E-state index in [1.807, 2.05) is 12.1 Å². The number of ether oxygens (including phenoxy) is 1. The Balaban J connectivity index is 1.78. The molecule has 2 aliphatic heterocycles. The number of methoxy groups -OCH3 is 1. The summed E-state index contributed by atoms with van der Waals surface area (Å²) in [4.78, 5) is 34.6. The number of aliphatic carboxylic acids is 1. The first-order valence-corrected chi connectivity index (χ1v) is 9.24. The standard InChI is InChI=1S/C15H15N3O5S2/c1-23-9-4-2-8(3-5-9)14-18(11(19)7-24-14)17-15-16-13(22)10(25-15)6-12(20)21/h2-5,10,14H,6-7H2,1H3,(H,20,21)(H,16,17,22)/p-1/t10-,14+/m1/s1. The van der Waals surface area contributed by atoms with E-state index in [0.29, 0.717) is 5.75 Å². The SMILES string of the molecule is COc1ccc([C@@H]2SCC(=O)N2/N=C2/NC(=O)[C@@H](CC(=O)[O-])S2)cc1. The lowest BCUT2D eigenvalue weighted by Crippen LogP contribution is -2.32. The minimum Gasteiger partial charge on any atom is -0.550 e. The lowest BCUT2D eigenvalue weighted by Gasteiger charge is -2.19. The van der Waals surface area contributed by atoms with E-state index in [2.05, 4.69) is 10.4 Å². The van der Waals surface area contributed by atoms with Gasteiger partial charge in [0.2, 0.25) is 5.91 Å². The zero-order chi connectivity index (χ0) is 18.0. The molecule has 2 atom stereocenters. The van der Waals surface area contributed by atoms with Crippen LogP contribution in [-0.2, 0) is 14.4 Å². The van der Waals surface area contributed by atoms with E-state index in [1.165, 1.54) is 16.8 Å². The number of thioether (sulfide) groups is 2. The van der Waals surface area contributed by atoms with Crippen LogP contribution in [0.3, 0.4) is 0 Å². The molecule has 132 valence electrons. The largest absolute Gasteiger partial charge is 0.550 e. The highest BCUT2D eigenvalue weighted by Gasteiger charge is 2.36. The normalized spacial score (nSPS) is 24.7. The van der Waals surface area contributed by atoms with Crippen molar-refractivity contribution < 1.29 is 24.2 Å². The summed E-state index contributed by atoms with van der Waals surface area (Å²) in [6.07, 6.45) is -0.403. The molecule has 1 N–H and O–H groups in total. The third-order valence-corrected chi connectivity index (χ3v) is 5.84. The average Bonchev–Trinajstić information content (AvgIpc) is 3.11. The summed E-state index contributed by atoms with van der Waals surface area (Å²) in [5.41, 5.74) is 0.876. The van der Waals surface area contributed by atoms with Crippen molar-refractivity contribution in [3.05, 3.63) is 29.8 Å². The summed E-state index contributed by atoms with van der Waals surface area (Å²) in [7, 11) is 1.57. The van der Waals surface area contributed by atoms with Gasteiger partial charge in [0.1, 0.15) is 11.1 Å². The van der Waals surface area contributed by atoms with Gasteiger partial charge in [-0.15, -0.1) is 16.9 Å². The van der Waals surface area contributed by atoms with E-state index in [1.54, 1.807) is 19.2 Å². The van der Waals surface area contributed by atoms with Gasteiger partial charge in [-0.1, -0.05) is 23.9 Å². The van der Waals surface area contributed by atoms with E-state index in [9.17, 15) is 19.5 Å². The molecule has 0 radical (unpaired) electrons. The van der Waals surface area contributed by atoms with Gasteiger partial charge in [0, 0.05) is 12.4 Å². The van der Waals surface area contributed by atoms with Gasteiger partial charge in [-0.2, -0.15) is 0 Å². The molecule has 0 spiro atoms. The fourth-order valence-corrected chi connectivity index (χ4v) is 4.41. The second kappa shape index (κ2) is 7.36. The number of nitrogens with one attached hydrogen (secondary N) is 1. The number of nitrogens with zero attached hydrogens (tertiary/aromatic N) is 2. The van der Waals surface area contributed by atoms with Gasteiger partial charge in [0.05, 0.1) is 18.1 Å². The molecule has 2 aliphatic rings. The van der Waals surface area contributed by atoms with Crippen molar-refractivity contribution in [1.82, 2.24) is 10.3 Å². The third kappa shape index (κ3) is 3.90. The molecule has 0 aliphatic carbocycles. The highest BCUT2D eigenvalue weighted by molar-refractivity contribution is 8.15. The van der Waals surface area contributed by atoms with E-state index in [-0.39, 0.29) is 22.2 Å². The summed E-state index contributed by atoms with van der Waals surface area (Å²) in [6.45, 7) is 0. The number of hydrazone groups is 1. The van der Waals surface area contributed by atoms with Crippen LogP contribution in [-0.4, -0.2) is 46.1 Å². The monoisotopic (exact) mass is 380 g/mol. The molecule has 3 rings (SSSR count). The fourth-order valence-electron chi connectivity index (χ4n) is 2.37. The van der Waals surface area contributed by atoms with E-state index >= 15 is 0 Å².